The molecule has 0 aliphatic heterocycles. The van der Waals surface area contributed by atoms with Crippen molar-refractivity contribution in [2.75, 3.05) is 0 Å². The van der Waals surface area contributed by atoms with Crippen LogP contribution in [0, 0.1) is 6.92 Å². The summed E-state index contributed by atoms with van der Waals surface area (Å²) in [6.45, 7) is 2.63. The van der Waals surface area contributed by atoms with Gasteiger partial charge in [-0.2, -0.15) is 0 Å². The lowest BCUT2D eigenvalue weighted by atomic mass is 10.1. The number of nitrogens with zero attached hydrogens (tertiary/aromatic N) is 2. The molecule has 3 aromatic carbocycles. The maximum Gasteiger partial charge on any atom is 0.261 e. The van der Waals surface area contributed by atoms with Crippen LogP contribution in [0.5, 0.6) is 0 Å². The molecule has 0 unspecified atom stereocenters. The number of hydrogen-bond donors (Lipinski definition) is 1. The van der Waals surface area contributed by atoms with Gasteiger partial charge in [0.05, 0.1) is 10.9 Å². The summed E-state index contributed by atoms with van der Waals surface area (Å²) in [5.74, 6) is 0.716. The smallest absolute Gasteiger partial charge is 0.261 e. The molecule has 0 bridgehead atoms. The predicted octanol–water partition coefficient (Wildman–Crippen LogP) is 5.10. The number of fused-ring (bicyclic) bond motifs is 2. The first kappa shape index (κ1) is 17.4. The van der Waals surface area contributed by atoms with E-state index in [0.29, 0.717) is 17.8 Å². The highest BCUT2D eigenvalue weighted by Gasteiger charge is 2.13. The Balaban J connectivity index is 1.63. The van der Waals surface area contributed by atoms with Crippen LogP contribution in [-0.4, -0.2) is 14.5 Å². The van der Waals surface area contributed by atoms with Crippen molar-refractivity contribution in [3.63, 3.8) is 0 Å². The summed E-state index contributed by atoms with van der Waals surface area (Å²) in [7, 11) is 0. The number of rotatable bonds is 4. The van der Waals surface area contributed by atoms with E-state index in [1.807, 2.05) is 59.3 Å². The Morgan fingerprint density at radius 2 is 1.62 bits per heavy atom. The molecular formula is C25H21N3O. The van der Waals surface area contributed by atoms with E-state index < -0.39 is 0 Å². The third-order valence-electron chi connectivity index (χ3n) is 5.45. The van der Waals surface area contributed by atoms with Crippen LogP contribution in [0.4, 0.5) is 0 Å². The zero-order chi connectivity index (χ0) is 19.8. The number of aromatic amines is 1. The molecule has 0 aliphatic rings. The molecule has 142 valence electrons. The van der Waals surface area contributed by atoms with Crippen molar-refractivity contribution >= 4 is 21.8 Å². The van der Waals surface area contributed by atoms with Crippen molar-refractivity contribution < 1.29 is 0 Å². The summed E-state index contributed by atoms with van der Waals surface area (Å²) in [5.41, 5.74) is 5.20. The van der Waals surface area contributed by atoms with Crippen molar-refractivity contribution in [2.24, 2.45) is 0 Å². The van der Waals surface area contributed by atoms with Crippen LogP contribution in [-0.2, 0) is 13.0 Å². The Bertz CT molecular complexity index is 1380. The van der Waals surface area contributed by atoms with Gasteiger partial charge in [-0.3, -0.25) is 9.36 Å². The molecule has 0 radical (unpaired) electrons. The van der Waals surface area contributed by atoms with Crippen molar-refractivity contribution in [2.45, 2.75) is 19.9 Å². The maximum absolute atomic E-state index is 13.3. The first-order valence-electron chi connectivity index (χ1n) is 9.82. The number of aromatic nitrogens is 3. The zero-order valence-electron chi connectivity index (χ0n) is 16.2. The molecule has 0 fully saturated rings. The number of nitrogens with one attached hydrogen (secondary N) is 1. The van der Waals surface area contributed by atoms with Gasteiger partial charge in [0.15, 0.2) is 0 Å². The van der Waals surface area contributed by atoms with Gasteiger partial charge in [-0.05, 0) is 37.1 Å². The Morgan fingerprint density at radius 1 is 0.897 bits per heavy atom. The molecule has 0 aliphatic carbocycles. The van der Waals surface area contributed by atoms with Gasteiger partial charge in [-0.1, -0.05) is 60.2 Å². The van der Waals surface area contributed by atoms with Gasteiger partial charge in [0.2, 0.25) is 0 Å². The first-order valence-corrected chi connectivity index (χ1v) is 9.82. The SMILES string of the molecule is Cc1ccc(-c2nc3ccccc3c(=O)n2CCc2c[nH]c3ccccc23)cc1. The fourth-order valence-corrected chi connectivity index (χ4v) is 3.87. The molecule has 0 saturated carbocycles. The third-order valence-corrected chi connectivity index (χ3v) is 5.45. The van der Waals surface area contributed by atoms with Crippen LogP contribution in [0.15, 0.2) is 83.8 Å². The Labute approximate surface area is 168 Å². The Hall–Kier alpha value is -3.66. The Morgan fingerprint density at radius 3 is 2.45 bits per heavy atom. The average molecular weight is 379 g/mol. The third kappa shape index (κ3) is 3.13. The highest BCUT2D eigenvalue weighted by molar-refractivity contribution is 5.83. The van der Waals surface area contributed by atoms with E-state index in [4.69, 9.17) is 4.98 Å². The summed E-state index contributed by atoms with van der Waals surface area (Å²) >= 11 is 0. The molecule has 29 heavy (non-hydrogen) atoms. The van der Waals surface area contributed by atoms with Gasteiger partial charge in [-0.25, -0.2) is 4.98 Å². The second-order valence-corrected chi connectivity index (χ2v) is 7.38. The summed E-state index contributed by atoms with van der Waals surface area (Å²) in [4.78, 5) is 21.5. The van der Waals surface area contributed by atoms with Crippen molar-refractivity contribution in [3.05, 3.63) is 100 Å². The number of aryl methyl sites for hydroxylation is 2. The molecular weight excluding hydrogens is 358 g/mol. The average Bonchev–Trinajstić information content (AvgIpc) is 3.17. The molecule has 4 heteroatoms. The molecule has 0 atom stereocenters. The highest BCUT2D eigenvalue weighted by atomic mass is 16.1. The predicted molar refractivity (Wildman–Crippen MR) is 118 cm³/mol. The lowest BCUT2D eigenvalue weighted by Crippen LogP contribution is -2.24. The number of para-hydroxylation sites is 2. The number of benzene rings is 3. The molecule has 0 saturated heterocycles. The van der Waals surface area contributed by atoms with Gasteiger partial charge < -0.3 is 4.98 Å². The molecule has 0 amide bonds. The van der Waals surface area contributed by atoms with E-state index in [9.17, 15) is 4.79 Å². The first-order chi connectivity index (χ1) is 14.2. The van der Waals surface area contributed by atoms with E-state index in [-0.39, 0.29) is 5.56 Å². The molecule has 2 aromatic heterocycles. The van der Waals surface area contributed by atoms with Gasteiger partial charge in [0.1, 0.15) is 5.82 Å². The Kier molecular flexibility index (Phi) is 4.24. The fourth-order valence-electron chi connectivity index (χ4n) is 3.87. The largest absolute Gasteiger partial charge is 0.361 e. The van der Waals surface area contributed by atoms with Crippen molar-refractivity contribution in [1.82, 2.24) is 14.5 Å². The lowest BCUT2D eigenvalue weighted by molar-refractivity contribution is 0.673. The monoisotopic (exact) mass is 379 g/mol. The van der Waals surface area contributed by atoms with Crippen LogP contribution in [0.2, 0.25) is 0 Å². The quantitative estimate of drug-likeness (QED) is 0.472. The molecule has 2 heterocycles. The zero-order valence-corrected chi connectivity index (χ0v) is 16.2. The van der Waals surface area contributed by atoms with Crippen molar-refractivity contribution in [3.8, 4) is 11.4 Å². The minimum Gasteiger partial charge on any atom is -0.361 e. The standard InChI is InChI=1S/C25H21N3O/c1-17-10-12-18(13-11-17)24-27-23-9-5-3-7-21(23)25(29)28(24)15-14-19-16-26-22-8-4-2-6-20(19)22/h2-13,16,26H,14-15H2,1H3. The van der Waals surface area contributed by atoms with E-state index in [1.54, 1.807) is 0 Å². The highest BCUT2D eigenvalue weighted by Crippen LogP contribution is 2.22. The van der Waals surface area contributed by atoms with E-state index in [0.717, 1.165) is 23.0 Å². The lowest BCUT2D eigenvalue weighted by Gasteiger charge is -2.14. The molecule has 1 N–H and O–H groups in total. The maximum atomic E-state index is 13.3. The van der Waals surface area contributed by atoms with Gasteiger partial charge in [0, 0.05) is 29.2 Å². The minimum absolute atomic E-state index is 0.00557. The van der Waals surface area contributed by atoms with Gasteiger partial charge in [0.25, 0.3) is 5.56 Å². The second kappa shape index (κ2) is 7.06. The topological polar surface area (TPSA) is 50.7 Å². The number of hydrogen-bond acceptors (Lipinski definition) is 2. The summed E-state index contributed by atoms with van der Waals surface area (Å²) in [6.07, 6.45) is 2.79. The molecule has 5 aromatic rings. The fraction of sp³-hybridized carbons (Fsp3) is 0.120. The van der Waals surface area contributed by atoms with E-state index in [2.05, 4.69) is 36.2 Å². The van der Waals surface area contributed by atoms with Gasteiger partial charge >= 0.3 is 0 Å². The van der Waals surface area contributed by atoms with Crippen LogP contribution >= 0.6 is 0 Å². The molecule has 0 spiro atoms. The van der Waals surface area contributed by atoms with Crippen LogP contribution in [0.1, 0.15) is 11.1 Å². The molecule has 4 nitrogen and oxygen atoms in total. The van der Waals surface area contributed by atoms with Crippen LogP contribution < -0.4 is 5.56 Å². The van der Waals surface area contributed by atoms with Crippen molar-refractivity contribution in [1.29, 1.82) is 0 Å². The summed E-state index contributed by atoms with van der Waals surface area (Å²) in [6, 6.07) is 24.0. The molecule has 5 rings (SSSR count). The second-order valence-electron chi connectivity index (χ2n) is 7.38. The summed E-state index contributed by atoms with van der Waals surface area (Å²) in [5, 5.41) is 1.86. The minimum atomic E-state index is 0.00557. The normalized spacial score (nSPS) is 11.3. The number of H-pyrrole nitrogens is 1. The van der Waals surface area contributed by atoms with E-state index in [1.165, 1.54) is 16.5 Å². The van der Waals surface area contributed by atoms with Crippen LogP contribution in [0.25, 0.3) is 33.2 Å². The van der Waals surface area contributed by atoms with E-state index >= 15 is 0 Å². The van der Waals surface area contributed by atoms with Gasteiger partial charge in [-0.15, -0.1) is 0 Å². The summed E-state index contributed by atoms with van der Waals surface area (Å²) < 4.78 is 1.81. The van der Waals surface area contributed by atoms with Crippen LogP contribution in [0.3, 0.4) is 0 Å².